The molecular formula is C14H20N5O7P. The zero-order valence-corrected chi connectivity index (χ0v) is 15.6. The number of nitrogens with one attached hydrogen (secondary N) is 1. The van der Waals surface area contributed by atoms with E-state index < -0.39 is 37.4 Å². The largest absolute Gasteiger partial charge is 0.472 e. The molecular weight excluding hydrogens is 381 g/mol. The Morgan fingerprint density at radius 1 is 1.59 bits per heavy atom. The highest BCUT2D eigenvalue weighted by molar-refractivity contribution is 7.47. The molecule has 148 valence electrons. The number of imidazole rings is 1. The number of aromatic nitrogens is 4. The van der Waals surface area contributed by atoms with E-state index in [1.165, 1.54) is 10.9 Å². The monoisotopic (exact) mass is 401 g/mol. The molecule has 27 heavy (non-hydrogen) atoms. The van der Waals surface area contributed by atoms with Gasteiger partial charge in [-0.25, -0.2) is 9.55 Å². The van der Waals surface area contributed by atoms with Gasteiger partial charge in [0.2, 0.25) is 5.95 Å². The second-order valence-electron chi connectivity index (χ2n) is 6.46. The van der Waals surface area contributed by atoms with Gasteiger partial charge in [0.1, 0.15) is 17.8 Å². The average molecular weight is 401 g/mol. The molecule has 2 fully saturated rings. The lowest BCUT2D eigenvalue weighted by molar-refractivity contribution is -0.120. The fraction of sp³-hybridized carbons (Fsp3) is 0.643. The summed E-state index contributed by atoms with van der Waals surface area (Å²) in [6.45, 7) is 2.28. The van der Waals surface area contributed by atoms with Crippen LogP contribution in [0.4, 0.5) is 5.95 Å². The van der Waals surface area contributed by atoms with Crippen LogP contribution in [-0.2, 0) is 23.1 Å². The first-order chi connectivity index (χ1) is 12.8. The molecule has 12 nitrogen and oxygen atoms in total. The molecule has 2 saturated heterocycles. The molecule has 0 aromatic carbocycles. The van der Waals surface area contributed by atoms with Gasteiger partial charge < -0.3 is 20.1 Å². The zero-order valence-electron chi connectivity index (χ0n) is 14.7. The minimum Gasteiger partial charge on any atom is -0.371 e. The summed E-state index contributed by atoms with van der Waals surface area (Å²) in [6.07, 6.45) is 0.0285. The SMILES string of the molecule is CC[C@@]12CCO[C@@H]([C@H]1OP(=O)(O)OC)[C@@H](n1cnc3c(=O)[nH]c(N)nc31)O2. The van der Waals surface area contributed by atoms with E-state index in [0.717, 1.165) is 7.11 Å². The fourth-order valence-corrected chi connectivity index (χ4v) is 4.40. The van der Waals surface area contributed by atoms with Crippen LogP contribution >= 0.6 is 7.82 Å². The van der Waals surface area contributed by atoms with Crippen molar-refractivity contribution in [3.8, 4) is 0 Å². The molecule has 4 N–H and O–H groups in total. The lowest BCUT2D eigenvalue weighted by Crippen LogP contribution is -2.49. The molecule has 0 aliphatic carbocycles. The number of anilines is 1. The van der Waals surface area contributed by atoms with Crippen molar-refractivity contribution in [1.29, 1.82) is 0 Å². The second kappa shape index (κ2) is 6.36. The smallest absolute Gasteiger partial charge is 0.371 e. The first-order valence-electron chi connectivity index (χ1n) is 8.39. The molecule has 13 heteroatoms. The van der Waals surface area contributed by atoms with Crippen molar-refractivity contribution < 1.29 is 28.0 Å². The number of hydrogen-bond donors (Lipinski definition) is 3. The minimum absolute atomic E-state index is 0.0617. The van der Waals surface area contributed by atoms with Crippen LogP contribution in [0.5, 0.6) is 0 Å². The van der Waals surface area contributed by atoms with E-state index in [1.54, 1.807) is 0 Å². The summed E-state index contributed by atoms with van der Waals surface area (Å²) in [5, 5.41) is 0. The quantitative estimate of drug-likeness (QED) is 0.594. The molecule has 0 saturated carbocycles. The molecule has 4 heterocycles. The van der Waals surface area contributed by atoms with Crippen molar-refractivity contribution >= 4 is 24.9 Å². The zero-order chi connectivity index (χ0) is 19.4. The van der Waals surface area contributed by atoms with Crippen LogP contribution in [0.25, 0.3) is 11.2 Å². The van der Waals surface area contributed by atoms with Gasteiger partial charge >= 0.3 is 7.82 Å². The lowest BCUT2D eigenvalue weighted by Gasteiger charge is -2.37. The van der Waals surface area contributed by atoms with Gasteiger partial charge in [-0.15, -0.1) is 0 Å². The summed E-state index contributed by atoms with van der Waals surface area (Å²) in [5.74, 6) is -0.0617. The molecule has 2 aliphatic heterocycles. The molecule has 5 atom stereocenters. The van der Waals surface area contributed by atoms with Crippen molar-refractivity contribution in [3.63, 3.8) is 0 Å². The molecule has 2 aromatic rings. The van der Waals surface area contributed by atoms with Crippen molar-refractivity contribution in [2.24, 2.45) is 0 Å². The maximum absolute atomic E-state index is 12.0. The number of ether oxygens (including phenoxy) is 2. The first-order valence-corrected chi connectivity index (χ1v) is 9.88. The number of rotatable bonds is 5. The van der Waals surface area contributed by atoms with Gasteiger partial charge in [-0.2, -0.15) is 4.98 Å². The molecule has 2 aromatic heterocycles. The van der Waals surface area contributed by atoms with Crippen LogP contribution in [0, 0.1) is 0 Å². The summed E-state index contributed by atoms with van der Waals surface area (Å²) in [6, 6.07) is 0. The van der Waals surface area contributed by atoms with Crippen molar-refractivity contribution in [1.82, 2.24) is 19.5 Å². The van der Waals surface area contributed by atoms with E-state index in [-0.39, 0.29) is 17.1 Å². The summed E-state index contributed by atoms with van der Waals surface area (Å²) >= 11 is 0. The number of H-pyrrole nitrogens is 1. The number of nitrogens with two attached hydrogens (primary N) is 1. The maximum atomic E-state index is 12.0. The Hall–Kier alpha value is -1.82. The Kier molecular flexibility index (Phi) is 4.37. The predicted octanol–water partition coefficient (Wildman–Crippen LogP) is 0.300. The van der Waals surface area contributed by atoms with Crippen LogP contribution in [0.15, 0.2) is 11.1 Å². The summed E-state index contributed by atoms with van der Waals surface area (Å²) in [7, 11) is -3.19. The average Bonchev–Trinajstić information content (AvgIpc) is 3.09. The summed E-state index contributed by atoms with van der Waals surface area (Å²) < 4.78 is 35.6. The highest BCUT2D eigenvalue weighted by atomic mass is 31.2. The number of aromatic amines is 1. The number of fused-ring (bicyclic) bond motifs is 3. The van der Waals surface area contributed by atoms with Gasteiger partial charge in [-0.3, -0.25) is 23.4 Å². The highest BCUT2D eigenvalue weighted by Gasteiger charge is 2.60. The van der Waals surface area contributed by atoms with Crippen LogP contribution in [0.3, 0.4) is 0 Å². The Bertz CT molecular complexity index is 976. The predicted molar refractivity (Wildman–Crippen MR) is 91.8 cm³/mol. The minimum atomic E-state index is -4.27. The van der Waals surface area contributed by atoms with Gasteiger partial charge in [0.15, 0.2) is 17.4 Å². The van der Waals surface area contributed by atoms with E-state index in [9.17, 15) is 14.3 Å². The van der Waals surface area contributed by atoms with Crippen LogP contribution < -0.4 is 11.3 Å². The van der Waals surface area contributed by atoms with E-state index in [2.05, 4.69) is 19.5 Å². The molecule has 2 aliphatic rings. The maximum Gasteiger partial charge on any atom is 0.472 e. The summed E-state index contributed by atoms with van der Waals surface area (Å²) in [4.78, 5) is 32.4. The molecule has 0 spiro atoms. The number of phosphoric acid groups is 1. The Morgan fingerprint density at radius 2 is 2.37 bits per heavy atom. The number of nitrogens with zero attached hydrogens (tertiary/aromatic N) is 3. The topological polar surface area (TPSA) is 164 Å². The van der Waals surface area contributed by atoms with E-state index in [1.807, 2.05) is 6.92 Å². The third kappa shape index (κ3) is 2.89. The van der Waals surface area contributed by atoms with Gasteiger partial charge in [0.25, 0.3) is 5.56 Å². The van der Waals surface area contributed by atoms with E-state index in [4.69, 9.17) is 19.7 Å². The molecule has 2 bridgehead atoms. The Morgan fingerprint density at radius 3 is 3.07 bits per heavy atom. The first kappa shape index (κ1) is 18.5. The fourth-order valence-electron chi connectivity index (χ4n) is 3.71. The number of phosphoric ester groups is 1. The van der Waals surface area contributed by atoms with Gasteiger partial charge in [-0.05, 0) is 6.42 Å². The van der Waals surface area contributed by atoms with Crippen LogP contribution in [0.2, 0.25) is 0 Å². The molecule has 0 radical (unpaired) electrons. The van der Waals surface area contributed by atoms with Crippen molar-refractivity contribution in [2.45, 2.75) is 43.8 Å². The normalized spacial score (nSPS) is 32.6. The molecule has 4 rings (SSSR count). The standard InChI is InChI=1S/C14H20N5O7P/c1-3-14-4-5-24-8(9(14)26-27(21,22)23-2)12(25-14)19-6-16-7-10(19)17-13(15)18-11(7)20/h6,8-9,12H,3-5H2,1-2H3,(H,21,22)(H3,15,17,18,20)/t8-,9+,12-,14+/m0/s1. The summed E-state index contributed by atoms with van der Waals surface area (Å²) in [5.41, 5.74) is 4.64. The third-order valence-electron chi connectivity index (χ3n) is 5.09. The lowest BCUT2D eigenvalue weighted by atomic mass is 9.87. The van der Waals surface area contributed by atoms with Crippen molar-refractivity contribution in [3.05, 3.63) is 16.7 Å². The Labute approximate surface area is 153 Å². The number of nitrogen functional groups attached to an aromatic ring is 1. The highest BCUT2D eigenvalue weighted by Crippen LogP contribution is 2.54. The van der Waals surface area contributed by atoms with E-state index >= 15 is 0 Å². The van der Waals surface area contributed by atoms with Crippen LogP contribution in [0.1, 0.15) is 26.0 Å². The second-order valence-corrected chi connectivity index (χ2v) is 7.98. The Balaban J connectivity index is 1.79. The van der Waals surface area contributed by atoms with Crippen LogP contribution in [-0.4, -0.2) is 55.9 Å². The third-order valence-corrected chi connectivity index (χ3v) is 6.04. The van der Waals surface area contributed by atoms with Gasteiger partial charge in [0, 0.05) is 13.5 Å². The molecule has 1 unspecified atom stereocenters. The number of hydrogen-bond acceptors (Lipinski definition) is 9. The van der Waals surface area contributed by atoms with Crippen molar-refractivity contribution in [2.75, 3.05) is 19.5 Å². The van der Waals surface area contributed by atoms with E-state index in [0.29, 0.717) is 19.4 Å². The molecule has 0 amide bonds. The van der Waals surface area contributed by atoms with Gasteiger partial charge in [0.05, 0.1) is 12.9 Å². The van der Waals surface area contributed by atoms with Gasteiger partial charge in [-0.1, -0.05) is 6.92 Å².